The lowest BCUT2D eigenvalue weighted by atomic mass is 9.73. The van der Waals surface area contributed by atoms with E-state index in [1.165, 1.54) is 0 Å². The Labute approximate surface area is 194 Å². The van der Waals surface area contributed by atoms with Gasteiger partial charge in [-0.05, 0) is 48.6 Å². The Hall–Kier alpha value is -1.67. The van der Waals surface area contributed by atoms with Crippen LogP contribution in [0.15, 0.2) is 12.3 Å². The fourth-order valence-corrected chi connectivity index (χ4v) is 6.06. The fourth-order valence-electron chi connectivity index (χ4n) is 6.06. The predicted octanol–water partition coefficient (Wildman–Crippen LogP) is 4.44. The molecule has 3 heterocycles. The first-order valence-electron chi connectivity index (χ1n) is 12.2. The van der Waals surface area contributed by atoms with E-state index in [4.69, 9.17) is 4.74 Å². The summed E-state index contributed by atoms with van der Waals surface area (Å²) in [6.45, 7) is 10.8. The maximum absolute atomic E-state index is 13.9. The van der Waals surface area contributed by atoms with Crippen LogP contribution in [0.25, 0.3) is 0 Å². The molecule has 4 atom stereocenters. The second-order valence-corrected chi connectivity index (χ2v) is 10.7. The van der Waals surface area contributed by atoms with Gasteiger partial charge in [0.05, 0.1) is 24.2 Å². The van der Waals surface area contributed by atoms with Gasteiger partial charge in [-0.2, -0.15) is 13.2 Å². The first kappa shape index (κ1) is 24.5. The molecule has 2 unspecified atom stereocenters. The van der Waals surface area contributed by atoms with Crippen LogP contribution in [-0.2, 0) is 28.7 Å². The number of alkyl halides is 3. The molecule has 1 aromatic heterocycles. The molecule has 0 bridgehead atoms. The van der Waals surface area contributed by atoms with Gasteiger partial charge >= 0.3 is 6.18 Å². The van der Waals surface area contributed by atoms with Crippen LogP contribution in [0.1, 0.15) is 63.8 Å². The van der Waals surface area contributed by atoms with E-state index in [0.29, 0.717) is 42.1 Å². The van der Waals surface area contributed by atoms with Gasteiger partial charge in [0.15, 0.2) is 0 Å². The van der Waals surface area contributed by atoms with Crippen LogP contribution in [0.5, 0.6) is 0 Å². The lowest BCUT2D eigenvalue weighted by Crippen LogP contribution is -2.52. The van der Waals surface area contributed by atoms with Crippen molar-refractivity contribution in [3.8, 4) is 0 Å². The van der Waals surface area contributed by atoms with Gasteiger partial charge in [-0.15, -0.1) is 0 Å². The summed E-state index contributed by atoms with van der Waals surface area (Å²) in [4.78, 5) is 19.7. The number of carbonyl (C=O) groups excluding carboxylic acids is 1. The molecule has 1 aromatic rings. The number of ether oxygens (including phenoxy) is 1. The van der Waals surface area contributed by atoms with Crippen molar-refractivity contribution in [2.45, 2.75) is 78.2 Å². The fraction of sp³-hybridized carbons (Fsp3) is 0.760. The van der Waals surface area contributed by atoms with Crippen molar-refractivity contribution in [3.05, 3.63) is 29.1 Å². The number of nitrogens with zero attached hydrogens (tertiary/aromatic N) is 2. The van der Waals surface area contributed by atoms with Crippen LogP contribution in [0.2, 0.25) is 0 Å². The number of pyridine rings is 1. The van der Waals surface area contributed by atoms with Gasteiger partial charge in [0, 0.05) is 43.5 Å². The zero-order chi connectivity index (χ0) is 24.0. The van der Waals surface area contributed by atoms with Crippen molar-refractivity contribution in [1.82, 2.24) is 15.2 Å². The summed E-state index contributed by atoms with van der Waals surface area (Å²) >= 11 is 0. The molecular weight excluding hydrogens is 431 g/mol. The number of carbonyl (C=O) groups is 1. The van der Waals surface area contributed by atoms with Crippen molar-refractivity contribution in [2.24, 2.45) is 23.2 Å². The van der Waals surface area contributed by atoms with Gasteiger partial charge in [-0.3, -0.25) is 9.78 Å². The van der Waals surface area contributed by atoms with Crippen molar-refractivity contribution in [2.75, 3.05) is 19.8 Å². The van der Waals surface area contributed by atoms with Gasteiger partial charge in [-0.1, -0.05) is 27.7 Å². The maximum Gasteiger partial charge on any atom is 0.417 e. The third kappa shape index (κ3) is 4.78. The maximum atomic E-state index is 13.9. The Kier molecular flexibility index (Phi) is 6.80. The summed E-state index contributed by atoms with van der Waals surface area (Å²) in [6, 6.07) is 1.80. The minimum Gasteiger partial charge on any atom is -0.381 e. The van der Waals surface area contributed by atoms with Gasteiger partial charge < -0.3 is 15.0 Å². The summed E-state index contributed by atoms with van der Waals surface area (Å²) in [5.41, 5.74) is -0.0547. The molecule has 0 spiro atoms. The molecule has 1 aliphatic carbocycles. The summed E-state index contributed by atoms with van der Waals surface area (Å²) < 4.78 is 45.2. The second kappa shape index (κ2) is 9.17. The SMILES string of the molecule is CC1COCC(C)C1N[C@@H]1CC[C@@](C(=O)N2CCc3ncc(C(F)(F)F)cc3C2)(C(C)C)C1. The molecule has 8 heteroatoms. The van der Waals surface area contributed by atoms with E-state index in [2.05, 4.69) is 38.0 Å². The molecular formula is C25H36F3N3O2. The largest absolute Gasteiger partial charge is 0.417 e. The third-order valence-corrected chi connectivity index (χ3v) is 8.15. The zero-order valence-electron chi connectivity index (χ0n) is 20.0. The van der Waals surface area contributed by atoms with E-state index in [-0.39, 0.29) is 24.4 Å². The molecule has 1 amide bonds. The first-order valence-corrected chi connectivity index (χ1v) is 12.2. The number of aromatic nitrogens is 1. The van der Waals surface area contributed by atoms with Crippen molar-refractivity contribution in [3.63, 3.8) is 0 Å². The third-order valence-electron chi connectivity index (χ3n) is 8.15. The molecule has 1 N–H and O–H groups in total. The van der Waals surface area contributed by atoms with Crippen LogP contribution in [0.4, 0.5) is 13.2 Å². The Morgan fingerprint density at radius 1 is 1.27 bits per heavy atom. The monoisotopic (exact) mass is 467 g/mol. The van der Waals surface area contributed by atoms with E-state index in [0.717, 1.165) is 44.7 Å². The van der Waals surface area contributed by atoms with Crippen LogP contribution in [0.3, 0.4) is 0 Å². The highest BCUT2D eigenvalue weighted by Crippen LogP contribution is 2.47. The van der Waals surface area contributed by atoms with Crippen molar-refractivity contribution >= 4 is 5.91 Å². The first-order chi connectivity index (χ1) is 15.5. The topological polar surface area (TPSA) is 54.5 Å². The minimum absolute atomic E-state index is 0.0814. The average Bonchev–Trinajstić information content (AvgIpc) is 3.20. The molecule has 2 fully saturated rings. The van der Waals surface area contributed by atoms with Crippen LogP contribution >= 0.6 is 0 Å². The number of hydrogen-bond donors (Lipinski definition) is 1. The van der Waals surface area contributed by atoms with Crippen molar-refractivity contribution < 1.29 is 22.7 Å². The zero-order valence-corrected chi connectivity index (χ0v) is 20.0. The lowest BCUT2D eigenvalue weighted by molar-refractivity contribution is -0.146. The van der Waals surface area contributed by atoms with Crippen LogP contribution < -0.4 is 5.32 Å². The molecule has 1 saturated heterocycles. The Morgan fingerprint density at radius 2 is 1.97 bits per heavy atom. The number of nitrogens with one attached hydrogen (secondary N) is 1. The smallest absolute Gasteiger partial charge is 0.381 e. The van der Waals surface area contributed by atoms with E-state index in [9.17, 15) is 18.0 Å². The van der Waals surface area contributed by atoms with Crippen molar-refractivity contribution in [1.29, 1.82) is 0 Å². The van der Waals surface area contributed by atoms with E-state index >= 15 is 0 Å². The molecule has 3 aliphatic rings. The number of rotatable bonds is 4. The predicted molar refractivity (Wildman–Crippen MR) is 119 cm³/mol. The molecule has 4 rings (SSSR count). The van der Waals surface area contributed by atoms with E-state index in [1.54, 1.807) is 4.90 Å². The highest BCUT2D eigenvalue weighted by molar-refractivity contribution is 5.83. The lowest BCUT2D eigenvalue weighted by Gasteiger charge is -2.40. The van der Waals surface area contributed by atoms with E-state index < -0.39 is 17.2 Å². The molecule has 184 valence electrons. The quantitative estimate of drug-likeness (QED) is 0.711. The summed E-state index contributed by atoms with van der Waals surface area (Å²) in [6.07, 6.45) is -0.535. The Morgan fingerprint density at radius 3 is 2.61 bits per heavy atom. The molecule has 0 aromatic carbocycles. The summed E-state index contributed by atoms with van der Waals surface area (Å²) in [5, 5.41) is 3.84. The molecule has 5 nitrogen and oxygen atoms in total. The number of halogens is 3. The number of amides is 1. The Balaban J connectivity index is 1.49. The van der Waals surface area contributed by atoms with Gasteiger partial charge in [0.25, 0.3) is 0 Å². The number of fused-ring (bicyclic) bond motifs is 1. The normalized spacial score (nSPS) is 32.8. The van der Waals surface area contributed by atoms with Gasteiger partial charge in [0.2, 0.25) is 5.91 Å². The average molecular weight is 468 g/mol. The Bertz CT molecular complexity index is 865. The van der Waals surface area contributed by atoms with Crippen LogP contribution in [-0.4, -0.2) is 47.6 Å². The molecule has 2 aliphatic heterocycles. The van der Waals surface area contributed by atoms with Gasteiger partial charge in [-0.25, -0.2) is 0 Å². The van der Waals surface area contributed by atoms with E-state index in [1.807, 2.05) is 0 Å². The minimum atomic E-state index is -4.43. The number of hydrogen-bond acceptors (Lipinski definition) is 4. The molecule has 1 saturated carbocycles. The standard InChI is InChI=1S/C25H36F3N3O2/c1-15(2)24(7-5-20(10-24)30-22-16(3)13-33-14-17(22)4)23(32)31-8-6-21-18(12-31)9-19(11-29-21)25(26,27)28/h9,11,15-17,20,22,30H,5-8,10,12-14H2,1-4H3/t16?,17?,20-,22?,24+/m1/s1. The molecule has 33 heavy (non-hydrogen) atoms. The van der Waals surface area contributed by atoms with Crippen LogP contribution in [0, 0.1) is 23.2 Å². The van der Waals surface area contributed by atoms with Gasteiger partial charge in [0.1, 0.15) is 0 Å². The second-order valence-electron chi connectivity index (χ2n) is 10.7. The highest BCUT2D eigenvalue weighted by atomic mass is 19.4. The summed E-state index contributed by atoms with van der Waals surface area (Å²) in [7, 11) is 0. The molecule has 0 radical (unpaired) electrons. The highest BCUT2D eigenvalue weighted by Gasteiger charge is 2.50. The summed E-state index contributed by atoms with van der Waals surface area (Å²) in [5.74, 6) is 1.08.